The number of benzene rings is 1. The van der Waals surface area contributed by atoms with Crippen molar-refractivity contribution < 1.29 is 4.39 Å². The molecule has 1 heterocycles. The SMILES string of the molecule is CNCc1cnn(Cc2cccc(Cl)c2F)c1C. The van der Waals surface area contributed by atoms with E-state index in [2.05, 4.69) is 10.4 Å². The molecule has 0 aliphatic heterocycles. The van der Waals surface area contributed by atoms with E-state index in [4.69, 9.17) is 11.6 Å². The predicted molar refractivity (Wildman–Crippen MR) is 70.2 cm³/mol. The molecular formula is C13H15ClFN3. The molecule has 0 saturated heterocycles. The first-order valence-corrected chi connectivity index (χ1v) is 6.10. The first-order valence-electron chi connectivity index (χ1n) is 5.72. The summed E-state index contributed by atoms with van der Waals surface area (Å²) in [6, 6.07) is 5.01. The molecule has 5 heteroatoms. The van der Waals surface area contributed by atoms with Gasteiger partial charge in [-0.25, -0.2) is 4.39 Å². The molecule has 0 amide bonds. The number of hydrogen-bond acceptors (Lipinski definition) is 2. The molecule has 0 aliphatic rings. The smallest absolute Gasteiger partial charge is 0.146 e. The summed E-state index contributed by atoms with van der Waals surface area (Å²) in [5.41, 5.74) is 2.69. The van der Waals surface area contributed by atoms with Crippen molar-refractivity contribution in [2.75, 3.05) is 7.05 Å². The van der Waals surface area contributed by atoms with Gasteiger partial charge in [-0.15, -0.1) is 0 Å². The number of nitrogens with one attached hydrogen (secondary N) is 1. The minimum atomic E-state index is -0.371. The van der Waals surface area contributed by atoms with E-state index < -0.39 is 0 Å². The summed E-state index contributed by atoms with van der Waals surface area (Å²) in [5, 5.41) is 7.49. The monoisotopic (exact) mass is 267 g/mol. The highest BCUT2D eigenvalue weighted by molar-refractivity contribution is 6.30. The Morgan fingerprint density at radius 1 is 1.39 bits per heavy atom. The maximum absolute atomic E-state index is 13.8. The fourth-order valence-electron chi connectivity index (χ4n) is 1.84. The Kier molecular flexibility index (Phi) is 3.99. The highest BCUT2D eigenvalue weighted by atomic mass is 35.5. The third-order valence-corrected chi connectivity index (χ3v) is 3.22. The molecule has 2 aromatic rings. The first-order chi connectivity index (χ1) is 8.63. The topological polar surface area (TPSA) is 29.9 Å². The zero-order valence-corrected chi connectivity index (χ0v) is 11.1. The van der Waals surface area contributed by atoms with Crippen LogP contribution in [-0.2, 0) is 13.1 Å². The van der Waals surface area contributed by atoms with Gasteiger partial charge < -0.3 is 5.32 Å². The zero-order valence-electron chi connectivity index (χ0n) is 10.4. The Morgan fingerprint density at radius 3 is 2.89 bits per heavy atom. The van der Waals surface area contributed by atoms with Crippen molar-refractivity contribution in [1.82, 2.24) is 15.1 Å². The fraction of sp³-hybridized carbons (Fsp3) is 0.308. The molecule has 0 bridgehead atoms. The van der Waals surface area contributed by atoms with E-state index in [1.165, 1.54) is 0 Å². The fourth-order valence-corrected chi connectivity index (χ4v) is 2.03. The Labute approximate surface area is 111 Å². The molecule has 0 unspecified atom stereocenters. The molecule has 0 aliphatic carbocycles. The molecule has 0 saturated carbocycles. The van der Waals surface area contributed by atoms with Crippen molar-refractivity contribution in [3.05, 3.63) is 52.1 Å². The van der Waals surface area contributed by atoms with Crippen LogP contribution in [-0.4, -0.2) is 16.8 Å². The number of halogens is 2. The van der Waals surface area contributed by atoms with Gasteiger partial charge in [0, 0.05) is 23.4 Å². The summed E-state index contributed by atoms with van der Waals surface area (Å²) in [6.07, 6.45) is 1.80. The van der Waals surface area contributed by atoms with Gasteiger partial charge in [-0.3, -0.25) is 4.68 Å². The van der Waals surface area contributed by atoms with Crippen LogP contribution in [0.3, 0.4) is 0 Å². The molecule has 96 valence electrons. The van der Waals surface area contributed by atoms with Gasteiger partial charge in [0.1, 0.15) is 5.82 Å². The second kappa shape index (κ2) is 5.50. The molecule has 0 spiro atoms. The molecule has 0 fully saturated rings. The average molecular weight is 268 g/mol. The average Bonchev–Trinajstić information content (AvgIpc) is 2.68. The lowest BCUT2D eigenvalue weighted by molar-refractivity contribution is 0.580. The normalized spacial score (nSPS) is 10.9. The second-order valence-electron chi connectivity index (χ2n) is 4.16. The van der Waals surface area contributed by atoms with Crippen molar-refractivity contribution >= 4 is 11.6 Å². The van der Waals surface area contributed by atoms with Crippen molar-refractivity contribution in [3.8, 4) is 0 Å². The van der Waals surface area contributed by atoms with E-state index in [1.807, 2.05) is 14.0 Å². The lowest BCUT2D eigenvalue weighted by atomic mass is 10.2. The molecule has 1 aromatic carbocycles. The Morgan fingerprint density at radius 2 is 2.17 bits per heavy atom. The van der Waals surface area contributed by atoms with Crippen LogP contribution in [0.25, 0.3) is 0 Å². The van der Waals surface area contributed by atoms with Gasteiger partial charge in [0.15, 0.2) is 0 Å². The van der Waals surface area contributed by atoms with E-state index in [9.17, 15) is 4.39 Å². The molecule has 0 radical (unpaired) electrons. The van der Waals surface area contributed by atoms with Crippen LogP contribution in [0.4, 0.5) is 4.39 Å². The third kappa shape index (κ3) is 2.54. The van der Waals surface area contributed by atoms with Gasteiger partial charge in [-0.05, 0) is 20.0 Å². The van der Waals surface area contributed by atoms with Gasteiger partial charge in [0.2, 0.25) is 0 Å². The van der Waals surface area contributed by atoms with Crippen molar-refractivity contribution in [3.63, 3.8) is 0 Å². The predicted octanol–water partition coefficient (Wildman–Crippen LogP) is 2.75. The summed E-state index contributed by atoms with van der Waals surface area (Å²) in [4.78, 5) is 0. The molecule has 0 atom stereocenters. The number of rotatable bonds is 4. The molecule has 1 N–H and O–H groups in total. The maximum Gasteiger partial charge on any atom is 0.146 e. The van der Waals surface area contributed by atoms with Gasteiger partial charge in [-0.1, -0.05) is 23.7 Å². The number of hydrogen-bond donors (Lipinski definition) is 1. The van der Waals surface area contributed by atoms with Crippen molar-refractivity contribution in [2.45, 2.75) is 20.0 Å². The minimum absolute atomic E-state index is 0.146. The maximum atomic E-state index is 13.8. The Balaban J connectivity index is 2.26. The summed E-state index contributed by atoms with van der Waals surface area (Å²) in [5.74, 6) is -0.371. The van der Waals surface area contributed by atoms with Gasteiger partial charge in [0.25, 0.3) is 0 Å². The highest BCUT2D eigenvalue weighted by Gasteiger charge is 2.10. The van der Waals surface area contributed by atoms with E-state index in [-0.39, 0.29) is 10.8 Å². The lowest BCUT2D eigenvalue weighted by Crippen LogP contribution is -2.09. The molecule has 3 nitrogen and oxygen atoms in total. The molecule has 18 heavy (non-hydrogen) atoms. The summed E-state index contributed by atoms with van der Waals surface area (Å²) < 4.78 is 15.6. The zero-order chi connectivity index (χ0) is 13.1. The Hall–Kier alpha value is -1.39. The Bertz CT molecular complexity index is 551. The summed E-state index contributed by atoms with van der Waals surface area (Å²) in [7, 11) is 1.88. The second-order valence-corrected chi connectivity index (χ2v) is 4.56. The third-order valence-electron chi connectivity index (χ3n) is 2.92. The van der Waals surface area contributed by atoms with Crippen LogP contribution in [0.2, 0.25) is 5.02 Å². The van der Waals surface area contributed by atoms with Crippen LogP contribution in [0, 0.1) is 12.7 Å². The van der Waals surface area contributed by atoms with Gasteiger partial charge in [-0.2, -0.15) is 5.10 Å². The van der Waals surface area contributed by atoms with Gasteiger partial charge >= 0.3 is 0 Å². The van der Waals surface area contributed by atoms with Crippen molar-refractivity contribution in [2.24, 2.45) is 0 Å². The van der Waals surface area contributed by atoms with Gasteiger partial charge in [0.05, 0.1) is 17.8 Å². The molecular weight excluding hydrogens is 253 g/mol. The highest BCUT2D eigenvalue weighted by Crippen LogP contribution is 2.19. The standard InChI is InChI=1S/C13H15ClFN3/c1-9-11(6-16-2)7-17-18(9)8-10-4-3-5-12(14)13(10)15/h3-5,7,16H,6,8H2,1-2H3. The molecule has 1 aromatic heterocycles. The largest absolute Gasteiger partial charge is 0.316 e. The van der Waals surface area contributed by atoms with E-state index in [0.29, 0.717) is 12.1 Å². The summed E-state index contributed by atoms with van der Waals surface area (Å²) >= 11 is 5.76. The minimum Gasteiger partial charge on any atom is -0.316 e. The lowest BCUT2D eigenvalue weighted by Gasteiger charge is -2.07. The van der Waals surface area contributed by atoms with Crippen molar-refractivity contribution in [1.29, 1.82) is 0 Å². The van der Waals surface area contributed by atoms with E-state index >= 15 is 0 Å². The van der Waals surface area contributed by atoms with Crippen LogP contribution < -0.4 is 5.32 Å². The first kappa shape index (κ1) is 13.1. The van der Waals surface area contributed by atoms with Crippen LogP contribution in [0.5, 0.6) is 0 Å². The van der Waals surface area contributed by atoms with Crippen LogP contribution >= 0.6 is 11.6 Å². The van der Waals surface area contributed by atoms with E-state index in [1.54, 1.807) is 29.1 Å². The van der Waals surface area contributed by atoms with E-state index in [0.717, 1.165) is 17.8 Å². The molecule has 2 rings (SSSR count). The number of aromatic nitrogens is 2. The number of nitrogens with zero attached hydrogens (tertiary/aromatic N) is 2. The summed E-state index contributed by atoms with van der Waals surface area (Å²) in [6.45, 7) is 3.12. The quantitative estimate of drug-likeness (QED) is 0.923. The van der Waals surface area contributed by atoms with Crippen LogP contribution in [0.1, 0.15) is 16.8 Å². The van der Waals surface area contributed by atoms with Crippen LogP contribution in [0.15, 0.2) is 24.4 Å².